The van der Waals surface area contributed by atoms with Gasteiger partial charge in [0.2, 0.25) is 0 Å². The Labute approximate surface area is 169 Å². The van der Waals surface area contributed by atoms with Gasteiger partial charge in [-0.3, -0.25) is 4.99 Å². The van der Waals surface area contributed by atoms with E-state index in [1.54, 1.807) is 21.3 Å². The molecule has 0 amide bonds. The lowest BCUT2D eigenvalue weighted by Gasteiger charge is -2.22. The van der Waals surface area contributed by atoms with Crippen molar-refractivity contribution in [1.29, 1.82) is 0 Å². The molecule has 1 atom stereocenters. The fraction of sp³-hybridized carbons (Fsp3) is 0.667. The van der Waals surface area contributed by atoms with Crippen LogP contribution in [0.15, 0.2) is 23.2 Å². The normalized spacial score (nSPS) is 17.1. The molecule has 1 N–H and O–H groups in total. The Hall–Kier alpha value is -1.99. The van der Waals surface area contributed by atoms with E-state index in [4.69, 9.17) is 23.9 Å². The summed E-state index contributed by atoms with van der Waals surface area (Å²) >= 11 is 0. The lowest BCUT2D eigenvalue weighted by atomic mass is 10.1. The first-order valence-electron chi connectivity index (χ1n) is 10.0. The zero-order chi connectivity index (χ0) is 20.2. The monoisotopic (exact) mass is 393 g/mol. The Balaban J connectivity index is 1.90. The quantitative estimate of drug-likeness (QED) is 0.353. The number of ether oxygens (including phenoxy) is 4. The summed E-state index contributed by atoms with van der Waals surface area (Å²) in [5.41, 5.74) is 1.10. The SMILES string of the molecule is CCNC(=NCCc1cc(OC)ccc1OC)N1CCC(COCCOC)C1. The van der Waals surface area contributed by atoms with Gasteiger partial charge in [-0.1, -0.05) is 0 Å². The van der Waals surface area contributed by atoms with E-state index in [-0.39, 0.29) is 0 Å². The third kappa shape index (κ3) is 6.87. The number of nitrogens with zero attached hydrogens (tertiary/aromatic N) is 2. The van der Waals surface area contributed by atoms with E-state index in [1.807, 2.05) is 18.2 Å². The summed E-state index contributed by atoms with van der Waals surface area (Å²) in [6, 6.07) is 5.87. The predicted octanol–water partition coefficient (Wildman–Crippen LogP) is 2.20. The van der Waals surface area contributed by atoms with Crippen LogP contribution in [0.4, 0.5) is 0 Å². The molecule has 1 aliphatic heterocycles. The van der Waals surface area contributed by atoms with Crippen LogP contribution in [0.3, 0.4) is 0 Å². The van der Waals surface area contributed by atoms with Crippen molar-refractivity contribution >= 4 is 5.96 Å². The van der Waals surface area contributed by atoms with Crippen molar-refractivity contribution in [1.82, 2.24) is 10.2 Å². The number of likely N-dealkylation sites (tertiary alicyclic amines) is 1. The van der Waals surface area contributed by atoms with Gasteiger partial charge in [-0.25, -0.2) is 0 Å². The van der Waals surface area contributed by atoms with Crippen molar-refractivity contribution in [3.8, 4) is 11.5 Å². The highest BCUT2D eigenvalue weighted by atomic mass is 16.5. The van der Waals surface area contributed by atoms with Crippen molar-refractivity contribution in [2.75, 3.05) is 67.3 Å². The Morgan fingerprint density at radius 1 is 1.21 bits per heavy atom. The number of guanidine groups is 1. The first-order chi connectivity index (χ1) is 13.7. The largest absolute Gasteiger partial charge is 0.497 e. The summed E-state index contributed by atoms with van der Waals surface area (Å²) in [5, 5.41) is 3.42. The number of methoxy groups -OCH3 is 3. The Morgan fingerprint density at radius 2 is 2.07 bits per heavy atom. The second-order valence-corrected chi connectivity index (χ2v) is 6.83. The van der Waals surface area contributed by atoms with Gasteiger partial charge in [-0.05, 0) is 43.5 Å². The van der Waals surface area contributed by atoms with Crippen molar-refractivity contribution in [2.45, 2.75) is 19.8 Å². The summed E-state index contributed by atoms with van der Waals surface area (Å²) in [6.45, 7) is 7.71. The van der Waals surface area contributed by atoms with E-state index in [0.29, 0.717) is 25.7 Å². The van der Waals surface area contributed by atoms with Crippen LogP contribution >= 0.6 is 0 Å². The zero-order valence-corrected chi connectivity index (χ0v) is 17.7. The molecule has 7 nitrogen and oxygen atoms in total. The van der Waals surface area contributed by atoms with Crippen LogP contribution in [-0.4, -0.2) is 78.2 Å². The maximum atomic E-state index is 5.69. The minimum absolute atomic E-state index is 0.541. The van der Waals surface area contributed by atoms with Gasteiger partial charge in [-0.15, -0.1) is 0 Å². The highest BCUT2D eigenvalue weighted by Crippen LogP contribution is 2.24. The number of aliphatic imine (C=N–C) groups is 1. The fourth-order valence-corrected chi connectivity index (χ4v) is 3.34. The molecule has 1 aliphatic rings. The van der Waals surface area contributed by atoms with Gasteiger partial charge in [-0.2, -0.15) is 0 Å². The van der Waals surface area contributed by atoms with E-state index < -0.39 is 0 Å². The molecule has 1 saturated heterocycles. The minimum atomic E-state index is 0.541. The molecule has 0 saturated carbocycles. The average Bonchev–Trinajstić information content (AvgIpc) is 3.19. The number of hydrogen-bond donors (Lipinski definition) is 1. The first-order valence-corrected chi connectivity index (χ1v) is 10.0. The number of hydrogen-bond acceptors (Lipinski definition) is 5. The molecular weight excluding hydrogens is 358 g/mol. The van der Waals surface area contributed by atoms with Gasteiger partial charge in [0.15, 0.2) is 5.96 Å². The summed E-state index contributed by atoms with van der Waals surface area (Å²) in [5.74, 6) is 3.22. The van der Waals surface area contributed by atoms with Crippen molar-refractivity contribution in [2.24, 2.45) is 10.9 Å². The van der Waals surface area contributed by atoms with Crippen molar-refractivity contribution in [3.05, 3.63) is 23.8 Å². The van der Waals surface area contributed by atoms with Gasteiger partial charge < -0.3 is 29.2 Å². The smallest absolute Gasteiger partial charge is 0.193 e. The molecule has 1 fully saturated rings. The van der Waals surface area contributed by atoms with Gasteiger partial charge in [0.25, 0.3) is 0 Å². The van der Waals surface area contributed by atoms with Crippen molar-refractivity contribution < 1.29 is 18.9 Å². The Morgan fingerprint density at radius 3 is 2.79 bits per heavy atom. The van der Waals surface area contributed by atoms with Crippen LogP contribution in [-0.2, 0) is 15.9 Å². The maximum Gasteiger partial charge on any atom is 0.193 e. The van der Waals surface area contributed by atoms with Gasteiger partial charge in [0.05, 0.1) is 34.0 Å². The summed E-state index contributed by atoms with van der Waals surface area (Å²) < 4.78 is 21.5. The molecule has 0 aliphatic carbocycles. The molecule has 1 aromatic carbocycles. The first kappa shape index (κ1) is 22.3. The molecular formula is C21H35N3O4. The minimum Gasteiger partial charge on any atom is -0.497 e. The number of benzene rings is 1. The van der Waals surface area contributed by atoms with Crippen LogP contribution in [0.1, 0.15) is 18.9 Å². The van der Waals surface area contributed by atoms with Crippen LogP contribution in [0.25, 0.3) is 0 Å². The highest BCUT2D eigenvalue weighted by molar-refractivity contribution is 5.80. The lowest BCUT2D eigenvalue weighted by Crippen LogP contribution is -2.40. The highest BCUT2D eigenvalue weighted by Gasteiger charge is 2.24. The van der Waals surface area contributed by atoms with Gasteiger partial charge in [0, 0.05) is 39.2 Å². The third-order valence-electron chi connectivity index (χ3n) is 4.84. The average molecular weight is 394 g/mol. The van der Waals surface area contributed by atoms with E-state index >= 15 is 0 Å². The Bertz CT molecular complexity index is 609. The van der Waals surface area contributed by atoms with Crippen molar-refractivity contribution in [3.63, 3.8) is 0 Å². The molecule has 0 radical (unpaired) electrons. The molecule has 2 rings (SSSR count). The lowest BCUT2D eigenvalue weighted by molar-refractivity contribution is 0.0536. The molecule has 28 heavy (non-hydrogen) atoms. The van der Waals surface area contributed by atoms with E-state index in [1.165, 1.54) is 0 Å². The topological polar surface area (TPSA) is 64.6 Å². The van der Waals surface area contributed by atoms with Crippen LogP contribution in [0.2, 0.25) is 0 Å². The molecule has 1 unspecified atom stereocenters. The van der Waals surface area contributed by atoms with E-state index in [2.05, 4.69) is 17.1 Å². The fourth-order valence-electron chi connectivity index (χ4n) is 3.34. The van der Waals surface area contributed by atoms with Gasteiger partial charge >= 0.3 is 0 Å². The number of nitrogens with one attached hydrogen (secondary N) is 1. The second kappa shape index (κ2) is 12.5. The van der Waals surface area contributed by atoms with Crippen LogP contribution < -0.4 is 14.8 Å². The third-order valence-corrected chi connectivity index (χ3v) is 4.84. The van der Waals surface area contributed by atoms with Crippen LogP contribution in [0, 0.1) is 5.92 Å². The summed E-state index contributed by atoms with van der Waals surface area (Å²) in [6.07, 6.45) is 1.92. The second-order valence-electron chi connectivity index (χ2n) is 6.83. The van der Waals surface area contributed by atoms with Crippen LogP contribution in [0.5, 0.6) is 11.5 Å². The molecule has 0 aromatic heterocycles. The summed E-state index contributed by atoms with van der Waals surface area (Å²) in [7, 11) is 5.06. The number of rotatable bonds is 11. The maximum absolute atomic E-state index is 5.69. The van der Waals surface area contributed by atoms with E-state index in [0.717, 1.165) is 62.1 Å². The predicted molar refractivity (Wildman–Crippen MR) is 112 cm³/mol. The molecule has 0 bridgehead atoms. The molecule has 7 heteroatoms. The molecule has 0 spiro atoms. The Kier molecular flexibility index (Phi) is 9.93. The van der Waals surface area contributed by atoms with E-state index in [9.17, 15) is 0 Å². The molecule has 158 valence electrons. The standard InChI is InChI=1S/C21H35N3O4/c1-5-22-21(24-11-9-17(15-24)16-28-13-12-25-2)23-10-8-18-14-19(26-3)6-7-20(18)27-4/h6-7,14,17H,5,8-13,15-16H2,1-4H3,(H,22,23). The molecule has 1 aromatic rings. The zero-order valence-electron chi connectivity index (χ0n) is 17.7. The molecule has 1 heterocycles. The summed E-state index contributed by atoms with van der Waals surface area (Å²) in [4.78, 5) is 7.17. The van der Waals surface area contributed by atoms with Gasteiger partial charge in [0.1, 0.15) is 11.5 Å².